The lowest BCUT2D eigenvalue weighted by Gasteiger charge is -2.16. The van der Waals surface area contributed by atoms with E-state index >= 15 is 0 Å². The number of hydrogen-bond donors (Lipinski definition) is 5. The lowest BCUT2D eigenvalue weighted by Crippen LogP contribution is -2.24. The molecule has 11 nitrogen and oxygen atoms in total. The molecule has 13 heteroatoms. The average molecular weight is 439 g/mol. The molecule has 1 aliphatic rings. The van der Waals surface area contributed by atoms with E-state index in [0.29, 0.717) is 18.4 Å². The maximum Gasteiger partial charge on any atom is 0.333 e. The van der Waals surface area contributed by atoms with E-state index in [1.807, 2.05) is 0 Å². The Morgan fingerprint density at radius 3 is 2.73 bits per heavy atom. The Bertz CT molecular complexity index is 1010. The van der Waals surface area contributed by atoms with E-state index < -0.39 is 22.3 Å². The van der Waals surface area contributed by atoms with Crippen LogP contribution in [0.2, 0.25) is 0 Å². The van der Waals surface area contributed by atoms with Crippen LogP contribution >= 0.6 is 0 Å². The van der Waals surface area contributed by atoms with Gasteiger partial charge >= 0.3 is 10.3 Å². The normalized spacial score (nSPS) is 21.4. The van der Waals surface area contributed by atoms with E-state index in [4.69, 9.17) is 10.7 Å². The summed E-state index contributed by atoms with van der Waals surface area (Å²) in [6.07, 6.45) is 1.20. The highest BCUT2D eigenvalue weighted by Crippen LogP contribution is 2.34. The molecule has 0 bridgehead atoms. The quantitative estimate of drug-likeness (QED) is 0.366. The largest absolute Gasteiger partial charge is 0.393 e. The highest BCUT2D eigenvalue weighted by atomic mass is 32.2. The Morgan fingerprint density at radius 1 is 1.30 bits per heavy atom. The summed E-state index contributed by atoms with van der Waals surface area (Å²) in [6, 6.07) is 6.02. The third kappa shape index (κ3) is 5.66. The molecule has 3 unspecified atom stereocenters. The molecule has 1 aromatic carbocycles. The van der Waals surface area contributed by atoms with Gasteiger partial charge in [0.15, 0.2) is 17.3 Å². The molecule has 0 spiro atoms. The minimum Gasteiger partial charge on any atom is -0.393 e. The van der Waals surface area contributed by atoms with Crippen LogP contribution in [-0.2, 0) is 21.0 Å². The zero-order valence-corrected chi connectivity index (χ0v) is 16.6. The molecule has 0 aliphatic heterocycles. The third-order valence-corrected chi connectivity index (χ3v) is 5.25. The second-order valence-electron chi connectivity index (χ2n) is 6.89. The van der Waals surface area contributed by atoms with Crippen LogP contribution in [0.15, 0.2) is 35.7 Å². The van der Waals surface area contributed by atoms with Gasteiger partial charge < -0.3 is 15.7 Å². The first kappa shape index (κ1) is 22.0. The number of nitrogens with two attached hydrogens (primary N) is 1. The summed E-state index contributed by atoms with van der Waals surface area (Å²) >= 11 is 0. The Labute approximate surface area is 172 Å². The molecule has 2 aromatic rings. The van der Waals surface area contributed by atoms with Crippen molar-refractivity contribution >= 4 is 27.6 Å². The molecule has 1 saturated carbocycles. The highest BCUT2D eigenvalue weighted by molar-refractivity contribution is 7.84. The molecule has 0 amide bonds. The summed E-state index contributed by atoms with van der Waals surface area (Å²) in [4.78, 5) is 8.17. The Kier molecular flexibility index (Phi) is 6.87. The number of nitrogens with zero attached hydrogens (tertiary/aromatic N) is 3. The number of anilines is 2. The van der Waals surface area contributed by atoms with Crippen molar-refractivity contribution in [2.75, 3.05) is 17.2 Å². The topological polar surface area (TPSA) is 176 Å². The van der Waals surface area contributed by atoms with E-state index in [1.165, 1.54) is 12.4 Å². The van der Waals surface area contributed by atoms with Crippen molar-refractivity contribution in [3.05, 3.63) is 42.0 Å². The number of nitrogens with one attached hydrogen (secondary N) is 3. The van der Waals surface area contributed by atoms with Gasteiger partial charge in [-0.25, -0.2) is 25.0 Å². The number of aliphatic hydroxyl groups excluding tert-OH is 1. The fourth-order valence-corrected chi connectivity index (χ4v) is 3.68. The number of aromatic nitrogens is 2. The lowest BCUT2D eigenvalue weighted by atomic mass is 10.1. The van der Waals surface area contributed by atoms with Crippen LogP contribution in [0.3, 0.4) is 0 Å². The van der Waals surface area contributed by atoms with Crippen LogP contribution in [0, 0.1) is 17.3 Å². The lowest BCUT2D eigenvalue weighted by molar-refractivity contribution is 0.101. The number of benzene rings is 1. The Balaban J connectivity index is 1.67. The molecular weight excluding hydrogens is 417 g/mol. The standard InChI is InChI=1S/C17H22FN7O4S/c18-13-4-2-1-3-10(13)7-21-16-15(25-19)17(23-9-22-16)24-12-5-11(14(26)6-12)8-29-30(20,27)28/h1-4,9,11-12,14,19,26H,5-8H2,(H2,20,27,28)(H2,21,22,23,24). The zero-order chi connectivity index (χ0) is 21.7. The summed E-state index contributed by atoms with van der Waals surface area (Å²) < 4.78 is 40.3. The van der Waals surface area contributed by atoms with Crippen molar-refractivity contribution in [3.63, 3.8) is 0 Å². The van der Waals surface area contributed by atoms with Gasteiger partial charge in [0.1, 0.15) is 12.1 Å². The van der Waals surface area contributed by atoms with E-state index in [9.17, 15) is 17.9 Å². The Hall–Kier alpha value is -2.74. The smallest absolute Gasteiger partial charge is 0.333 e. The second kappa shape index (κ2) is 9.38. The van der Waals surface area contributed by atoms with Crippen molar-refractivity contribution in [1.29, 1.82) is 5.53 Å². The molecule has 1 fully saturated rings. The van der Waals surface area contributed by atoms with Crippen LogP contribution < -0.4 is 15.8 Å². The molecule has 30 heavy (non-hydrogen) atoms. The monoisotopic (exact) mass is 439 g/mol. The van der Waals surface area contributed by atoms with Gasteiger partial charge in [0.05, 0.1) is 12.7 Å². The second-order valence-corrected chi connectivity index (χ2v) is 8.11. The zero-order valence-electron chi connectivity index (χ0n) is 15.8. The van der Waals surface area contributed by atoms with Gasteiger partial charge in [-0.2, -0.15) is 13.5 Å². The van der Waals surface area contributed by atoms with Crippen molar-refractivity contribution in [2.45, 2.75) is 31.5 Å². The van der Waals surface area contributed by atoms with E-state index in [-0.39, 0.29) is 42.3 Å². The van der Waals surface area contributed by atoms with Crippen molar-refractivity contribution in [3.8, 4) is 0 Å². The van der Waals surface area contributed by atoms with Gasteiger partial charge in [-0.05, 0) is 18.9 Å². The Morgan fingerprint density at radius 2 is 2.03 bits per heavy atom. The van der Waals surface area contributed by atoms with Crippen LogP contribution in [-0.4, -0.2) is 42.2 Å². The molecule has 3 rings (SSSR count). The van der Waals surface area contributed by atoms with Crippen molar-refractivity contribution < 1.29 is 22.1 Å². The molecule has 1 aromatic heterocycles. The van der Waals surface area contributed by atoms with Gasteiger partial charge in [-0.3, -0.25) is 4.18 Å². The minimum atomic E-state index is -4.09. The van der Waals surface area contributed by atoms with E-state index in [2.05, 4.69) is 29.9 Å². The van der Waals surface area contributed by atoms with Crippen LogP contribution in [0.5, 0.6) is 0 Å². The molecule has 1 heterocycles. The van der Waals surface area contributed by atoms with Crippen LogP contribution in [0.4, 0.5) is 21.7 Å². The predicted octanol–water partition coefficient (Wildman–Crippen LogP) is 1.66. The first-order valence-electron chi connectivity index (χ1n) is 9.08. The third-order valence-electron chi connectivity index (χ3n) is 4.78. The summed E-state index contributed by atoms with van der Waals surface area (Å²) in [7, 11) is -4.09. The maximum atomic E-state index is 13.8. The van der Waals surface area contributed by atoms with Gasteiger partial charge in [0.2, 0.25) is 0 Å². The summed E-state index contributed by atoms with van der Waals surface area (Å²) in [6.45, 7) is -0.0894. The number of rotatable bonds is 9. The van der Waals surface area contributed by atoms with E-state index in [0.717, 1.165) is 0 Å². The molecule has 3 atom stereocenters. The summed E-state index contributed by atoms with van der Waals surface area (Å²) in [5.74, 6) is -0.285. The molecule has 6 N–H and O–H groups in total. The molecule has 0 radical (unpaired) electrons. The molecule has 162 valence electrons. The van der Waals surface area contributed by atoms with Crippen LogP contribution in [0.25, 0.3) is 0 Å². The highest BCUT2D eigenvalue weighted by Gasteiger charge is 2.34. The van der Waals surface area contributed by atoms with Gasteiger partial charge in [0.25, 0.3) is 0 Å². The molecule has 1 aliphatic carbocycles. The first-order chi connectivity index (χ1) is 14.3. The summed E-state index contributed by atoms with van der Waals surface area (Å²) in [5.41, 5.74) is 8.04. The van der Waals surface area contributed by atoms with Crippen LogP contribution in [0.1, 0.15) is 18.4 Å². The van der Waals surface area contributed by atoms with Crippen molar-refractivity contribution in [1.82, 2.24) is 9.97 Å². The average Bonchev–Trinajstić information content (AvgIpc) is 3.04. The minimum absolute atomic E-state index is 0.132. The first-order valence-corrected chi connectivity index (χ1v) is 10.6. The van der Waals surface area contributed by atoms with Gasteiger partial charge in [-0.15, -0.1) is 0 Å². The molecule has 0 saturated heterocycles. The van der Waals surface area contributed by atoms with Gasteiger partial charge in [0, 0.05) is 24.1 Å². The number of hydrogen-bond acceptors (Lipinski definition) is 10. The number of aliphatic hydroxyl groups is 1. The maximum absolute atomic E-state index is 13.8. The molecular formula is C17H22FN7O4S. The van der Waals surface area contributed by atoms with Gasteiger partial charge in [-0.1, -0.05) is 18.2 Å². The van der Waals surface area contributed by atoms with E-state index in [1.54, 1.807) is 18.2 Å². The number of halogens is 1. The fourth-order valence-electron chi connectivity index (χ4n) is 3.32. The predicted molar refractivity (Wildman–Crippen MR) is 106 cm³/mol. The summed E-state index contributed by atoms with van der Waals surface area (Å²) in [5, 5.41) is 24.5. The fraction of sp³-hybridized carbons (Fsp3) is 0.412. The van der Waals surface area contributed by atoms with Crippen molar-refractivity contribution in [2.24, 2.45) is 16.2 Å². The SMILES string of the molecule is N=Nc1c(NCc2ccccc2F)ncnc1NC1CC(O)C(COS(N)(=O)=O)C1.